The fourth-order valence-corrected chi connectivity index (χ4v) is 2.25. The van der Waals surface area contributed by atoms with E-state index in [1.54, 1.807) is 6.08 Å². The highest BCUT2D eigenvalue weighted by Crippen LogP contribution is 2.08. The van der Waals surface area contributed by atoms with Crippen molar-refractivity contribution in [1.29, 1.82) is 0 Å². The number of carbonyl (C=O) groups is 1. The first-order valence-corrected chi connectivity index (χ1v) is 8.77. The first-order chi connectivity index (χ1) is 10.3. The normalized spacial score (nSPS) is 12.2. The predicted molar refractivity (Wildman–Crippen MR) is 91.5 cm³/mol. The standard InChI is InChI=1S/C19H34O2/c1-3-5-7-9-10-12-14-16-19(21)18(17-20)15-13-11-8-6-4-2/h14-16,20H,3-13,17H2,1-2H3. The van der Waals surface area contributed by atoms with Gasteiger partial charge >= 0.3 is 0 Å². The van der Waals surface area contributed by atoms with Crippen LogP contribution < -0.4 is 0 Å². The monoisotopic (exact) mass is 294 g/mol. The molecule has 122 valence electrons. The first kappa shape index (κ1) is 20.1. The SMILES string of the molecule is CCCCCCC=C(CO)C(=O)C=CCCCCCCC. The molecule has 0 bridgehead atoms. The lowest BCUT2D eigenvalue weighted by Crippen LogP contribution is -2.03. The van der Waals surface area contributed by atoms with E-state index in [4.69, 9.17) is 0 Å². The Labute approximate surface area is 131 Å². The third-order valence-corrected chi connectivity index (χ3v) is 3.68. The van der Waals surface area contributed by atoms with Crippen molar-refractivity contribution in [2.45, 2.75) is 84.5 Å². The summed E-state index contributed by atoms with van der Waals surface area (Å²) < 4.78 is 0. The molecule has 0 unspecified atom stereocenters. The number of allylic oxidation sites excluding steroid dienone is 3. The number of ketones is 1. The second kappa shape index (κ2) is 15.5. The molecule has 0 aromatic rings. The Balaban J connectivity index is 3.89. The summed E-state index contributed by atoms with van der Waals surface area (Å²) in [6.07, 6.45) is 18.4. The summed E-state index contributed by atoms with van der Waals surface area (Å²) >= 11 is 0. The Hall–Kier alpha value is -0.890. The van der Waals surface area contributed by atoms with Gasteiger partial charge in [-0.3, -0.25) is 4.79 Å². The Bertz CT molecular complexity index is 303. The number of aliphatic hydroxyl groups excluding tert-OH is 1. The fraction of sp³-hybridized carbons (Fsp3) is 0.737. The maximum Gasteiger partial charge on any atom is 0.183 e. The van der Waals surface area contributed by atoms with Crippen molar-refractivity contribution in [1.82, 2.24) is 0 Å². The quantitative estimate of drug-likeness (QED) is 0.346. The molecule has 0 aromatic heterocycles. The van der Waals surface area contributed by atoms with E-state index >= 15 is 0 Å². The number of rotatable bonds is 14. The van der Waals surface area contributed by atoms with Crippen molar-refractivity contribution >= 4 is 5.78 Å². The van der Waals surface area contributed by atoms with Crippen LogP contribution in [0.15, 0.2) is 23.8 Å². The van der Waals surface area contributed by atoms with E-state index in [9.17, 15) is 9.90 Å². The molecular weight excluding hydrogens is 260 g/mol. The highest BCUT2D eigenvalue weighted by atomic mass is 16.3. The van der Waals surface area contributed by atoms with E-state index in [0.29, 0.717) is 5.57 Å². The second-order valence-electron chi connectivity index (χ2n) is 5.71. The summed E-state index contributed by atoms with van der Waals surface area (Å²) in [6, 6.07) is 0. The zero-order chi connectivity index (χ0) is 15.8. The third-order valence-electron chi connectivity index (χ3n) is 3.68. The zero-order valence-electron chi connectivity index (χ0n) is 14.1. The molecule has 0 aliphatic carbocycles. The summed E-state index contributed by atoms with van der Waals surface area (Å²) in [4.78, 5) is 11.9. The van der Waals surface area contributed by atoms with Crippen molar-refractivity contribution in [3.05, 3.63) is 23.8 Å². The number of hydrogen-bond acceptors (Lipinski definition) is 2. The Kier molecular flexibility index (Phi) is 14.8. The Morgan fingerprint density at radius 1 is 0.857 bits per heavy atom. The summed E-state index contributed by atoms with van der Waals surface area (Å²) in [6.45, 7) is 4.25. The van der Waals surface area contributed by atoms with Crippen LogP contribution in [-0.4, -0.2) is 17.5 Å². The van der Waals surface area contributed by atoms with Gasteiger partial charge in [-0.05, 0) is 31.8 Å². The lowest BCUT2D eigenvalue weighted by molar-refractivity contribution is -0.111. The van der Waals surface area contributed by atoms with Gasteiger partial charge in [-0.25, -0.2) is 0 Å². The topological polar surface area (TPSA) is 37.3 Å². The maximum atomic E-state index is 11.9. The minimum atomic E-state index is -0.145. The van der Waals surface area contributed by atoms with Gasteiger partial charge in [-0.2, -0.15) is 0 Å². The molecule has 0 radical (unpaired) electrons. The number of carbonyl (C=O) groups excluding carboxylic acids is 1. The highest BCUT2D eigenvalue weighted by molar-refractivity contribution is 6.04. The summed E-state index contributed by atoms with van der Waals surface area (Å²) in [7, 11) is 0. The molecule has 0 atom stereocenters. The van der Waals surface area contributed by atoms with Crippen molar-refractivity contribution in [2.75, 3.05) is 6.61 Å². The fourth-order valence-electron chi connectivity index (χ4n) is 2.25. The minimum absolute atomic E-state index is 0.0263. The number of aliphatic hydroxyl groups is 1. The number of hydrogen-bond donors (Lipinski definition) is 1. The van der Waals surface area contributed by atoms with Crippen molar-refractivity contribution in [3.63, 3.8) is 0 Å². The molecule has 0 aliphatic heterocycles. The second-order valence-corrected chi connectivity index (χ2v) is 5.71. The molecule has 2 nitrogen and oxygen atoms in total. The molecule has 2 heteroatoms. The van der Waals surface area contributed by atoms with Gasteiger partial charge in [0.1, 0.15) is 0 Å². The van der Waals surface area contributed by atoms with Crippen LogP contribution in [0.4, 0.5) is 0 Å². The van der Waals surface area contributed by atoms with Crippen molar-refractivity contribution < 1.29 is 9.90 Å². The van der Waals surface area contributed by atoms with E-state index in [2.05, 4.69) is 13.8 Å². The van der Waals surface area contributed by atoms with Gasteiger partial charge in [0.2, 0.25) is 0 Å². The molecule has 0 amide bonds. The molecule has 0 spiro atoms. The zero-order valence-corrected chi connectivity index (χ0v) is 14.1. The van der Waals surface area contributed by atoms with E-state index < -0.39 is 0 Å². The van der Waals surface area contributed by atoms with Gasteiger partial charge < -0.3 is 5.11 Å². The Morgan fingerprint density at radius 2 is 1.43 bits per heavy atom. The minimum Gasteiger partial charge on any atom is -0.392 e. The van der Waals surface area contributed by atoms with Crippen LogP contribution in [-0.2, 0) is 4.79 Å². The van der Waals surface area contributed by atoms with Crippen LogP contribution in [0.5, 0.6) is 0 Å². The smallest absolute Gasteiger partial charge is 0.183 e. The largest absolute Gasteiger partial charge is 0.392 e. The third kappa shape index (κ3) is 12.6. The van der Waals surface area contributed by atoms with E-state index in [0.717, 1.165) is 25.7 Å². The molecule has 0 heterocycles. The summed E-state index contributed by atoms with van der Waals surface area (Å²) in [5.74, 6) is -0.0263. The molecular formula is C19H34O2. The first-order valence-electron chi connectivity index (χ1n) is 8.77. The van der Waals surface area contributed by atoms with Gasteiger partial charge in [-0.15, -0.1) is 0 Å². The van der Waals surface area contributed by atoms with Gasteiger partial charge in [0.05, 0.1) is 6.61 Å². The van der Waals surface area contributed by atoms with E-state index in [1.165, 1.54) is 44.9 Å². The lowest BCUT2D eigenvalue weighted by Gasteiger charge is -2.00. The summed E-state index contributed by atoms with van der Waals surface area (Å²) in [5, 5.41) is 9.28. The average Bonchev–Trinajstić information content (AvgIpc) is 2.50. The van der Waals surface area contributed by atoms with Crippen LogP contribution in [0.3, 0.4) is 0 Å². The molecule has 0 rings (SSSR count). The van der Waals surface area contributed by atoms with E-state index in [-0.39, 0.29) is 12.4 Å². The van der Waals surface area contributed by atoms with Crippen LogP contribution in [0.1, 0.15) is 84.5 Å². The van der Waals surface area contributed by atoms with E-state index in [1.807, 2.05) is 12.2 Å². The van der Waals surface area contributed by atoms with Gasteiger partial charge in [0.25, 0.3) is 0 Å². The molecule has 0 fully saturated rings. The number of unbranched alkanes of at least 4 members (excludes halogenated alkanes) is 9. The van der Waals surface area contributed by atoms with Crippen LogP contribution in [0, 0.1) is 0 Å². The lowest BCUT2D eigenvalue weighted by atomic mass is 10.1. The molecule has 0 aliphatic rings. The van der Waals surface area contributed by atoms with Crippen molar-refractivity contribution in [2.24, 2.45) is 0 Å². The highest BCUT2D eigenvalue weighted by Gasteiger charge is 2.03. The maximum absolute atomic E-state index is 11.9. The van der Waals surface area contributed by atoms with Gasteiger partial charge in [0.15, 0.2) is 5.78 Å². The van der Waals surface area contributed by atoms with Crippen LogP contribution in [0.25, 0.3) is 0 Å². The molecule has 1 N–H and O–H groups in total. The van der Waals surface area contributed by atoms with Gasteiger partial charge in [-0.1, -0.05) is 70.9 Å². The molecule has 0 aromatic carbocycles. The van der Waals surface area contributed by atoms with Crippen LogP contribution >= 0.6 is 0 Å². The van der Waals surface area contributed by atoms with Crippen LogP contribution in [0.2, 0.25) is 0 Å². The summed E-state index contributed by atoms with van der Waals surface area (Å²) in [5.41, 5.74) is 0.550. The molecule has 21 heavy (non-hydrogen) atoms. The molecule has 0 saturated heterocycles. The predicted octanol–water partition coefficient (Wildman–Crippen LogP) is 5.36. The van der Waals surface area contributed by atoms with Crippen molar-refractivity contribution in [3.8, 4) is 0 Å². The average molecular weight is 294 g/mol. The van der Waals surface area contributed by atoms with Gasteiger partial charge in [0, 0.05) is 5.57 Å². The Morgan fingerprint density at radius 3 is 2.05 bits per heavy atom. The molecule has 0 saturated carbocycles.